The van der Waals surface area contributed by atoms with Gasteiger partial charge in [-0.3, -0.25) is 9.59 Å². The third-order valence-corrected chi connectivity index (χ3v) is 4.82. The molecule has 2 N–H and O–H groups in total. The second-order valence-corrected chi connectivity index (χ2v) is 6.87. The second kappa shape index (κ2) is 6.60. The van der Waals surface area contributed by atoms with E-state index < -0.39 is 0 Å². The smallest absolute Gasteiger partial charge is 0.228 e. The highest BCUT2D eigenvalue weighted by molar-refractivity contribution is 5.99. The lowest BCUT2D eigenvalue weighted by atomic mass is 10.2. The van der Waals surface area contributed by atoms with E-state index >= 15 is 0 Å². The molecule has 0 heterocycles. The van der Waals surface area contributed by atoms with Gasteiger partial charge in [0, 0.05) is 31.5 Å². The molecule has 0 aromatic heterocycles. The van der Waals surface area contributed by atoms with E-state index in [-0.39, 0.29) is 23.7 Å². The quantitative estimate of drug-likeness (QED) is 0.877. The highest BCUT2D eigenvalue weighted by atomic mass is 16.2. The first kappa shape index (κ1) is 15.8. The van der Waals surface area contributed by atoms with Gasteiger partial charge in [-0.05, 0) is 43.5 Å². The van der Waals surface area contributed by atoms with E-state index in [0.29, 0.717) is 12.5 Å². The summed E-state index contributed by atoms with van der Waals surface area (Å²) in [6, 6.07) is 8.04. The van der Waals surface area contributed by atoms with E-state index in [9.17, 15) is 9.59 Å². The van der Waals surface area contributed by atoms with E-state index in [1.165, 1.54) is 12.8 Å². The average Bonchev–Trinajstić information content (AvgIpc) is 3.19. The first-order valence-electron chi connectivity index (χ1n) is 8.43. The predicted octanol–water partition coefficient (Wildman–Crippen LogP) is 2.39. The maximum atomic E-state index is 12.2. The maximum Gasteiger partial charge on any atom is 0.228 e. The minimum absolute atomic E-state index is 0.0471. The van der Waals surface area contributed by atoms with Crippen LogP contribution in [0, 0.1) is 11.8 Å². The van der Waals surface area contributed by atoms with Crippen molar-refractivity contribution >= 4 is 23.2 Å². The number of benzene rings is 1. The summed E-state index contributed by atoms with van der Waals surface area (Å²) in [6.45, 7) is 0. The fourth-order valence-electron chi connectivity index (χ4n) is 3.23. The minimum atomic E-state index is -0.176. The Morgan fingerprint density at radius 2 is 1.61 bits per heavy atom. The van der Waals surface area contributed by atoms with E-state index in [2.05, 4.69) is 10.6 Å². The molecule has 2 saturated carbocycles. The summed E-state index contributed by atoms with van der Waals surface area (Å²) >= 11 is 0. The number of rotatable bonds is 5. The number of carbonyl (C=O) groups is 2. The van der Waals surface area contributed by atoms with E-state index in [0.717, 1.165) is 24.2 Å². The lowest BCUT2D eigenvalue weighted by Crippen LogP contribution is -2.34. The monoisotopic (exact) mass is 315 g/mol. The topological polar surface area (TPSA) is 61.4 Å². The Morgan fingerprint density at radius 1 is 1.00 bits per heavy atom. The SMILES string of the molecule is CN(C)c1ccc(NC(=O)C2CC2C(=O)NC2CCCC2)cc1. The molecule has 124 valence electrons. The summed E-state index contributed by atoms with van der Waals surface area (Å²) in [5.41, 5.74) is 1.87. The van der Waals surface area contributed by atoms with Crippen molar-refractivity contribution < 1.29 is 9.59 Å². The Labute approximate surface area is 137 Å². The molecule has 2 amide bonds. The van der Waals surface area contributed by atoms with Gasteiger partial charge in [-0.2, -0.15) is 0 Å². The zero-order chi connectivity index (χ0) is 16.4. The first-order chi connectivity index (χ1) is 11.0. The number of carbonyl (C=O) groups excluding carboxylic acids is 2. The van der Waals surface area contributed by atoms with Gasteiger partial charge in [-0.1, -0.05) is 12.8 Å². The van der Waals surface area contributed by atoms with Crippen LogP contribution in [-0.4, -0.2) is 32.0 Å². The van der Waals surface area contributed by atoms with Crippen LogP contribution < -0.4 is 15.5 Å². The van der Waals surface area contributed by atoms with Crippen LogP contribution in [0.5, 0.6) is 0 Å². The van der Waals surface area contributed by atoms with Gasteiger partial charge in [0.25, 0.3) is 0 Å². The summed E-state index contributed by atoms with van der Waals surface area (Å²) < 4.78 is 0. The van der Waals surface area contributed by atoms with Gasteiger partial charge in [0.2, 0.25) is 11.8 Å². The van der Waals surface area contributed by atoms with Crippen LogP contribution in [0.4, 0.5) is 11.4 Å². The summed E-state index contributed by atoms with van der Waals surface area (Å²) in [7, 11) is 3.96. The Hall–Kier alpha value is -2.04. The van der Waals surface area contributed by atoms with E-state index in [1.54, 1.807) is 0 Å². The molecule has 2 aliphatic carbocycles. The molecule has 0 spiro atoms. The lowest BCUT2D eigenvalue weighted by Gasteiger charge is -2.13. The van der Waals surface area contributed by atoms with Gasteiger partial charge >= 0.3 is 0 Å². The van der Waals surface area contributed by atoms with Gasteiger partial charge in [0.15, 0.2) is 0 Å². The van der Waals surface area contributed by atoms with Crippen molar-refractivity contribution in [2.75, 3.05) is 24.3 Å². The number of amides is 2. The molecule has 0 saturated heterocycles. The third-order valence-electron chi connectivity index (χ3n) is 4.82. The van der Waals surface area contributed by atoms with Crippen molar-refractivity contribution in [2.45, 2.75) is 38.1 Å². The Bertz CT molecular complexity index is 576. The van der Waals surface area contributed by atoms with Gasteiger partial charge in [0.1, 0.15) is 0 Å². The molecule has 0 bridgehead atoms. The normalized spacial score (nSPS) is 23.4. The number of nitrogens with one attached hydrogen (secondary N) is 2. The number of hydrogen-bond donors (Lipinski definition) is 2. The Balaban J connectivity index is 1.48. The zero-order valence-corrected chi connectivity index (χ0v) is 13.8. The van der Waals surface area contributed by atoms with Gasteiger partial charge in [0.05, 0.1) is 11.8 Å². The van der Waals surface area contributed by atoms with Crippen LogP contribution in [0.3, 0.4) is 0 Å². The van der Waals surface area contributed by atoms with Crippen LogP contribution in [0.1, 0.15) is 32.1 Å². The van der Waals surface area contributed by atoms with Crippen molar-refractivity contribution in [1.29, 1.82) is 0 Å². The molecule has 1 aromatic rings. The summed E-state index contributed by atoms with van der Waals surface area (Å²) in [6.07, 6.45) is 5.21. The molecule has 3 rings (SSSR count). The molecule has 2 aliphatic rings. The van der Waals surface area contributed by atoms with Crippen LogP contribution in [0.25, 0.3) is 0 Å². The van der Waals surface area contributed by atoms with Crippen molar-refractivity contribution in [2.24, 2.45) is 11.8 Å². The minimum Gasteiger partial charge on any atom is -0.378 e. The van der Waals surface area contributed by atoms with E-state index in [1.807, 2.05) is 43.3 Å². The Morgan fingerprint density at radius 3 is 2.22 bits per heavy atom. The van der Waals surface area contributed by atoms with Crippen LogP contribution in [0.2, 0.25) is 0 Å². The highest BCUT2D eigenvalue weighted by Gasteiger charge is 2.48. The van der Waals surface area contributed by atoms with Crippen LogP contribution >= 0.6 is 0 Å². The maximum absolute atomic E-state index is 12.2. The zero-order valence-electron chi connectivity index (χ0n) is 13.8. The number of anilines is 2. The number of nitrogens with zero attached hydrogens (tertiary/aromatic N) is 1. The van der Waals surface area contributed by atoms with Gasteiger partial charge in [-0.25, -0.2) is 0 Å². The first-order valence-corrected chi connectivity index (χ1v) is 8.43. The third kappa shape index (κ3) is 3.84. The van der Waals surface area contributed by atoms with E-state index in [4.69, 9.17) is 0 Å². The van der Waals surface area contributed by atoms with Gasteiger partial charge in [-0.15, -0.1) is 0 Å². The molecular formula is C18H25N3O2. The van der Waals surface area contributed by atoms with Gasteiger partial charge < -0.3 is 15.5 Å². The Kier molecular flexibility index (Phi) is 4.55. The molecule has 2 unspecified atom stereocenters. The largest absolute Gasteiger partial charge is 0.378 e. The molecule has 2 fully saturated rings. The van der Waals surface area contributed by atoms with Crippen molar-refractivity contribution in [3.8, 4) is 0 Å². The molecule has 23 heavy (non-hydrogen) atoms. The van der Waals surface area contributed by atoms with Crippen molar-refractivity contribution in [1.82, 2.24) is 5.32 Å². The fourth-order valence-corrected chi connectivity index (χ4v) is 3.23. The number of hydrogen-bond acceptors (Lipinski definition) is 3. The second-order valence-electron chi connectivity index (χ2n) is 6.87. The molecular weight excluding hydrogens is 290 g/mol. The lowest BCUT2D eigenvalue weighted by molar-refractivity contribution is -0.125. The molecule has 0 radical (unpaired) electrons. The molecule has 5 heteroatoms. The molecule has 0 aliphatic heterocycles. The standard InChI is InChI=1S/C18H25N3O2/c1-21(2)14-9-7-13(8-10-14)20-18(23)16-11-15(16)17(22)19-12-5-3-4-6-12/h7-10,12,15-16H,3-6,11H2,1-2H3,(H,19,22)(H,20,23). The van der Waals surface area contributed by atoms with Crippen molar-refractivity contribution in [3.63, 3.8) is 0 Å². The summed E-state index contributed by atoms with van der Waals surface area (Å²) in [5, 5.41) is 6.00. The van der Waals surface area contributed by atoms with Crippen LogP contribution in [-0.2, 0) is 9.59 Å². The predicted molar refractivity (Wildman–Crippen MR) is 91.4 cm³/mol. The summed E-state index contributed by atoms with van der Waals surface area (Å²) in [5.74, 6) is -0.309. The highest BCUT2D eigenvalue weighted by Crippen LogP contribution is 2.40. The molecule has 2 atom stereocenters. The average molecular weight is 315 g/mol. The van der Waals surface area contributed by atoms with Crippen LogP contribution in [0.15, 0.2) is 24.3 Å². The molecule has 1 aromatic carbocycles. The molecule has 5 nitrogen and oxygen atoms in total. The summed E-state index contributed by atoms with van der Waals surface area (Å²) in [4.78, 5) is 26.4. The fraction of sp³-hybridized carbons (Fsp3) is 0.556. The van der Waals surface area contributed by atoms with Crippen molar-refractivity contribution in [3.05, 3.63) is 24.3 Å².